The van der Waals surface area contributed by atoms with E-state index in [4.69, 9.17) is 10.5 Å². The number of amides is 2. The Morgan fingerprint density at radius 2 is 1.63 bits per heavy atom. The van der Waals surface area contributed by atoms with E-state index in [2.05, 4.69) is 0 Å². The molecule has 1 aliphatic rings. The second kappa shape index (κ2) is 6.33. The molecule has 102 valence electrons. The maximum atomic E-state index is 11.9. The molecule has 1 fully saturated rings. The number of nitrogens with two attached hydrogens (primary N) is 1. The van der Waals surface area contributed by atoms with Crippen molar-refractivity contribution < 1.29 is 14.3 Å². The summed E-state index contributed by atoms with van der Waals surface area (Å²) in [6, 6.07) is 6.95. The average molecular weight is 262 g/mol. The van der Waals surface area contributed by atoms with Crippen molar-refractivity contribution in [1.29, 1.82) is 0 Å². The molecule has 2 N–H and O–H groups in total. The number of anilines is 1. The largest absolute Gasteiger partial charge is 0.492 e. The van der Waals surface area contributed by atoms with Crippen LogP contribution in [0.5, 0.6) is 5.75 Å². The van der Waals surface area contributed by atoms with Gasteiger partial charge in [0, 0.05) is 19.4 Å². The predicted molar refractivity (Wildman–Crippen MR) is 72.0 cm³/mol. The lowest BCUT2D eigenvalue weighted by atomic mass is 10.2. The number of imide groups is 1. The zero-order valence-electron chi connectivity index (χ0n) is 10.8. The zero-order chi connectivity index (χ0) is 13.7. The number of rotatable bonds is 4. The van der Waals surface area contributed by atoms with Crippen molar-refractivity contribution >= 4 is 17.5 Å². The van der Waals surface area contributed by atoms with Crippen molar-refractivity contribution in [3.05, 3.63) is 24.3 Å². The number of hydrogen-bond acceptors (Lipinski definition) is 4. The molecule has 5 nitrogen and oxygen atoms in total. The third kappa shape index (κ3) is 3.32. The van der Waals surface area contributed by atoms with E-state index in [9.17, 15) is 9.59 Å². The van der Waals surface area contributed by atoms with Gasteiger partial charge < -0.3 is 10.5 Å². The van der Waals surface area contributed by atoms with Crippen LogP contribution in [0.2, 0.25) is 0 Å². The topological polar surface area (TPSA) is 72.6 Å². The third-order valence-electron chi connectivity index (χ3n) is 3.01. The summed E-state index contributed by atoms with van der Waals surface area (Å²) in [5.41, 5.74) is 5.96. The lowest BCUT2D eigenvalue weighted by Gasteiger charge is -2.19. The van der Waals surface area contributed by atoms with E-state index in [1.165, 1.54) is 4.90 Å². The van der Waals surface area contributed by atoms with Crippen molar-refractivity contribution in [3.8, 4) is 5.75 Å². The van der Waals surface area contributed by atoms with Gasteiger partial charge in [0.1, 0.15) is 12.4 Å². The van der Waals surface area contributed by atoms with Crippen molar-refractivity contribution in [2.24, 2.45) is 5.73 Å². The van der Waals surface area contributed by atoms with Crippen LogP contribution in [0.15, 0.2) is 24.3 Å². The predicted octanol–water partition coefficient (Wildman–Crippen LogP) is 1.46. The van der Waals surface area contributed by atoms with Crippen molar-refractivity contribution in [2.45, 2.75) is 25.7 Å². The highest BCUT2D eigenvalue weighted by Crippen LogP contribution is 2.23. The Labute approximate surface area is 112 Å². The molecule has 2 rings (SSSR count). The first kappa shape index (κ1) is 13.5. The first-order valence-corrected chi connectivity index (χ1v) is 6.51. The Kier molecular flexibility index (Phi) is 4.52. The smallest absolute Gasteiger partial charge is 0.233 e. The zero-order valence-corrected chi connectivity index (χ0v) is 10.8. The van der Waals surface area contributed by atoms with Gasteiger partial charge >= 0.3 is 0 Å². The number of ether oxygens (including phenoxy) is 1. The summed E-state index contributed by atoms with van der Waals surface area (Å²) in [6.45, 7) is 0.895. The Hall–Kier alpha value is -1.88. The fraction of sp³-hybridized carbons (Fsp3) is 0.429. The van der Waals surface area contributed by atoms with Crippen LogP contribution in [-0.4, -0.2) is 25.0 Å². The van der Waals surface area contributed by atoms with Gasteiger partial charge in [0.15, 0.2) is 0 Å². The molecule has 0 aromatic heterocycles. The van der Waals surface area contributed by atoms with E-state index in [1.54, 1.807) is 24.3 Å². The maximum Gasteiger partial charge on any atom is 0.233 e. The first-order valence-electron chi connectivity index (χ1n) is 6.51. The highest BCUT2D eigenvalue weighted by molar-refractivity contribution is 6.15. The van der Waals surface area contributed by atoms with E-state index in [0.29, 0.717) is 37.4 Å². The maximum absolute atomic E-state index is 11.9. The van der Waals surface area contributed by atoms with Crippen LogP contribution in [-0.2, 0) is 9.59 Å². The molecule has 19 heavy (non-hydrogen) atoms. The van der Waals surface area contributed by atoms with Crippen molar-refractivity contribution in [2.75, 3.05) is 18.1 Å². The van der Waals surface area contributed by atoms with Gasteiger partial charge in [-0.15, -0.1) is 0 Å². The average Bonchev–Trinajstić information content (AvgIpc) is 2.58. The molecule has 1 aromatic carbocycles. The molecule has 0 saturated carbocycles. The number of benzene rings is 1. The molecule has 2 amide bonds. The highest BCUT2D eigenvalue weighted by atomic mass is 16.5. The van der Waals surface area contributed by atoms with Crippen LogP contribution < -0.4 is 15.4 Å². The van der Waals surface area contributed by atoms with Gasteiger partial charge in [0.05, 0.1) is 5.69 Å². The number of hydrogen-bond donors (Lipinski definition) is 1. The summed E-state index contributed by atoms with van der Waals surface area (Å²) in [4.78, 5) is 25.2. The van der Waals surface area contributed by atoms with Crippen LogP contribution in [0.4, 0.5) is 5.69 Å². The van der Waals surface area contributed by atoms with E-state index in [0.717, 1.165) is 12.8 Å². The Balaban J connectivity index is 2.15. The van der Waals surface area contributed by atoms with E-state index < -0.39 is 0 Å². The summed E-state index contributed by atoms with van der Waals surface area (Å²) in [7, 11) is 0. The quantitative estimate of drug-likeness (QED) is 0.834. The summed E-state index contributed by atoms with van der Waals surface area (Å²) in [5, 5.41) is 0. The van der Waals surface area contributed by atoms with Gasteiger partial charge in [-0.2, -0.15) is 0 Å². The Morgan fingerprint density at radius 3 is 2.16 bits per heavy atom. The summed E-state index contributed by atoms with van der Waals surface area (Å²) >= 11 is 0. The lowest BCUT2D eigenvalue weighted by Crippen LogP contribution is -2.34. The molecule has 0 aliphatic carbocycles. The minimum absolute atomic E-state index is 0.127. The van der Waals surface area contributed by atoms with Crippen LogP contribution in [0.1, 0.15) is 25.7 Å². The molecule has 1 saturated heterocycles. The van der Waals surface area contributed by atoms with Gasteiger partial charge in [-0.3, -0.25) is 14.5 Å². The standard InChI is InChI=1S/C14H18N2O3/c15-9-10-19-12-7-5-11(6-8-12)16-13(17)3-1-2-4-14(16)18/h5-8H,1-4,9-10,15H2. The summed E-state index contributed by atoms with van der Waals surface area (Å²) in [6.07, 6.45) is 2.41. The molecular weight excluding hydrogens is 244 g/mol. The fourth-order valence-electron chi connectivity index (χ4n) is 2.07. The van der Waals surface area contributed by atoms with Gasteiger partial charge in [0.2, 0.25) is 11.8 Å². The van der Waals surface area contributed by atoms with Gasteiger partial charge in [0.25, 0.3) is 0 Å². The molecule has 1 aromatic rings. The van der Waals surface area contributed by atoms with Crippen LogP contribution >= 0.6 is 0 Å². The van der Waals surface area contributed by atoms with Gasteiger partial charge in [-0.1, -0.05) is 0 Å². The Bertz CT molecular complexity index is 438. The highest BCUT2D eigenvalue weighted by Gasteiger charge is 2.25. The molecule has 0 bridgehead atoms. The molecule has 1 aliphatic heterocycles. The summed E-state index contributed by atoms with van der Waals surface area (Å²) in [5.74, 6) is 0.431. The van der Waals surface area contributed by atoms with Crippen molar-refractivity contribution in [1.82, 2.24) is 0 Å². The number of nitrogens with zero attached hydrogens (tertiary/aromatic N) is 1. The second-order valence-electron chi connectivity index (χ2n) is 4.46. The van der Waals surface area contributed by atoms with Gasteiger partial charge in [-0.25, -0.2) is 0 Å². The van der Waals surface area contributed by atoms with Crippen LogP contribution in [0.25, 0.3) is 0 Å². The normalized spacial score (nSPS) is 16.4. The molecule has 1 heterocycles. The summed E-state index contributed by atoms with van der Waals surface area (Å²) < 4.78 is 5.36. The second-order valence-corrected chi connectivity index (χ2v) is 4.46. The van der Waals surface area contributed by atoms with E-state index in [1.807, 2.05) is 0 Å². The molecular formula is C14H18N2O3. The van der Waals surface area contributed by atoms with Crippen LogP contribution in [0, 0.1) is 0 Å². The lowest BCUT2D eigenvalue weighted by molar-refractivity contribution is -0.125. The molecule has 0 unspecified atom stereocenters. The molecule has 0 atom stereocenters. The SMILES string of the molecule is NCCOc1ccc(N2C(=O)CCCCC2=O)cc1. The third-order valence-corrected chi connectivity index (χ3v) is 3.01. The molecule has 0 radical (unpaired) electrons. The van der Waals surface area contributed by atoms with Crippen molar-refractivity contribution in [3.63, 3.8) is 0 Å². The van der Waals surface area contributed by atoms with E-state index >= 15 is 0 Å². The molecule has 0 spiro atoms. The fourth-order valence-corrected chi connectivity index (χ4v) is 2.07. The van der Waals surface area contributed by atoms with Gasteiger partial charge in [-0.05, 0) is 37.1 Å². The minimum atomic E-state index is -0.127. The minimum Gasteiger partial charge on any atom is -0.492 e. The van der Waals surface area contributed by atoms with Crippen LogP contribution in [0.3, 0.4) is 0 Å². The monoisotopic (exact) mass is 262 g/mol. The number of carbonyl (C=O) groups excluding carboxylic acids is 2. The Morgan fingerprint density at radius 1 is 1.05 bits per heavy atom. The number of carbonyl (C=O) groups is 2. The first-order chi connectivity index (χ1) is 9.22. The van der Waals surface area contributed by atoms with E-state index in [-0.39, 0.29) is 11.8 Å². The molecule has 5 heteroatoms.